The molecule has 7 heteroatoms. The molecule has 0 radical (unpaired) electrons. The zero-order valence-corrected chi connectivity index (χ0v) is 15.5. The first-order chi connectivity index (χ1) is 13.0. The van der Waals surface area contributed by atoms with Crippen LogP contribution in [-0.4, -0.2) is 20.7 Å². The molecule has 0 saturated heterocycles. The minimum atomic E-state index is -0.589. The van der Waals surface area contributed by atoms with Gasteiger partial charge >= 0.3 is 0 Å². The van der Waals surface area contributed by atoms with E-state index in [2.05, 4.69) is 16.9 Å². The standard InChI is InChI=1S/C20H18FN3O2S/c1-3-12-24-19(26)14-8-4-6-10-16(14)23-20(24)27-13(2)18(25)22-17-11-7-5-9-15(17)21/h3-11,13H,1,12H2,2H3,(H,22,25)/t13-/m1/s1. The maximum Gasteiger partial charge on any atom is 0.262 e. The fraction of sp³-hybridized carbons (Fsp3) is 0.150. The van der Waals surface area contributed by atoms with E-state index in [0.29, 0.717) is 16.1 Å². The number of aromatic nitrogens is 2. The highest BCUT2D eigenvalue weighted by Gasteiger charge is 2.20. The molecule has 27 heavy (non-hydrogen) atoms. The number of nitrogens with one attached hydrogen (secondary N) is 1. The zero-order chi connectivity index (χ0) is 19.4. The number of rotatable bonds is 6. The van der Waals surface area contributed by atoms with Crippen LogP contribution in [0.25, 0.3) is 10.9 Å². The topological polar surface area (TPSA) is 64.0 Å². The van der Waals surface area contributed by atoms with E-state index in [9.17, 15) is 14.0 Å². The number of allylic oxidation sites excluding steroid dienone is 1. The predicted molar refractivity (Wildman–Crippen MR) is 107 cm³/mol. The Balaban J connectivity index is 1.89. The molecule has 1 N–H and O–H groups in total. The summed E-state index contributed by atoms with van der Waals surface area (Å²) in [6.45, 7) is 5.64. The Morgan fingerprint density at radius 2 is 2.00 bits per heavy atom. The second kappa shape index (κ2) is 8.18. The largest absolute Gasteiger partial charge is 0.323 e. The number of hydrogen-bond acceptors (Lipinski definition) is 4. The first-order valence-electron chi connectivity index (χ1n) is 8.33. The van der Waals surface area contributed by atoms with Crippen molar-refractivity contribution >= 4 is 34.3 Å². The first kappa shape index (κ1) is 18.8. The number of anilines is 1. The zero-order valence-electron chi connectivity index (χ0n) is 14.7. The van der Waals surface area contributed by atoms with Crippen molar-refractivity contribution in [1.29, 1.82) is 0 Å². The highest BCUT2D eigenvalue weighted by Crippen LogP contribution is 2.24. The van der Waals surface area contributed by atoms with Crippen molar-refractivity contribution in [2.24, 2.45) is 0 Å². The first-order valence-corrected chi connectivity index (χ1v) is 9.21. The van der Waals surface area contributed by atoms with Crippen molar-refractivity contribution in [2.45, 2.75) is 23.9 Å². The van der Waals surface area contributed by atoms with Gasteiger partial charge in [-0.05, 0) is 31.2 Å². The lowest BCUT2D eigenvalue weighted by Gasteiger charge is -2.15. The van der Waals surface area contributed by atoms with Crippen LogP contribution in [0.1, 0.15) is 6.92 Å². The quantitative estimate of drug-likeness (QED) is 0.399. The van der Waals surface area contributed by atoms with Crippen LogP contribution >= 0.6 is 11.8 Å². The lowest BCUT2D eigenvalue weighted by molar-refractivity contribution is -0.115. The van der Waals surface area contributed by atoms with Crippen LogP contribution in [0.5, 0.6) is 0 Å². The number of para-hydroxylation sites is 2. The molecule has 0 aliphatic carbocycles. The molecule has 2 aromatic carbocycles. The van der Waals surface area contributed by atoms with Crippen LogP contribution < -0.4 is 10.9 Å². The van der Waals surface area contributed by atoms with Gasteiger partial charge in [0.15, 0.2) is 5.16 Å². The van der Waals surface area contributed by atoms with E-state index in [4.69, 9.17) is 0 Å². The van der Waals surface area contributed by atoms with Crippen LogP contribution in [-0.2, 0) is 11.3 Å². The molecule has 5 nitrogen and oxygen atoms in total. The highest BCUT2D eigenvalue weighted by atomic mass is 32.2. The number of thioether (sulfide) groups is 1. The molecule has 0 aliphatic heterocycles. The van der Waals surface area contributed by atoms with Gasteiger partial charge in [-0.3, -0.25) is 14.2 Å². The summed E-state index contributed by atoms with van der Waals surface area (Å²) >= 11 is 1.14. The summed E-state index contributed by atoms with van der Waals surface area (Å²) in [5.74, 6) is -0.881. The number of carbonyl (C=O) groups excluding carboxylic acids is 1. The average Bonchev–Trinajstić information content (AvgIpc) is 2.66. The summed E-state index contributed by atoms with van der Waals surface area (Å²) < 4.78 is 15.2. The van der Waals surface area contributed by atoms with Crippen molar-refractivity contribution in [3.63, 3.8) is 0 Å². The van der Waals surface area contributed by atoms with Gasteiger partial charge in [0.25, 0.3) is 5.56 Å². The summed E-state index contributed by atoms with van der Waals surface area (Å²) in [5, 5.41) is 2.89. The van der Waals surface area contributed by atoms with E-state index >= 15 is 0 Å². The van der Waals surface area contributed by atoms with E-state index < -0.39 is 11.1 Å². The number of nitrogens with zero attached hydrogens (tertiary/aromatic N) is 2. The summed E-state index contributed by atoms with van der Waals surface area (Å²) in [5.41, 5.74) is 0.488. The molecule has 0 aliphatic rings. The Bertz CT molecular complexity index is 1060. The Labute approximate surface area is 159 Å². The molecule has 1 heterocycles. The molecule has 138 valence electrons. The molecule has 1 atom stereocenters. The summed E-state index contributed by atoms with van der Waals surface area (Å²) in [4.78, 5) is 29.7. The van der Waals surface area contributed by atoms with E-state index in [-0.39, 0.29) is 23.7 Å². The van der Waals surface area contributed by atoms with E-state index in [1.54, 1.807) is 49.4 Å². The molecular formula is C20H18FN3O2S. The number of benzene rings is 2. The maximum absolute atomic E-state index is 13.7. The second-order valence-corrected chi connectivity index (χ2v) is 7.15. The Morgan fingerprint density at radius 1 is 1.30 bits per heavy atom. The monoisotopic (exact) mass is 383 g/mol. The highest BCUT2D eigenvalue weighted by molar-refractivity contribution is 8.00. The van der Waals surface area contributed by atoms with Crippen LogP contribution in [0.2, 0.25) is 0 Å². The molecule has 0 spiro atoms. The fourth-order valence-corrected chi connectivity index (χ4v) is 3.45. The second-order valence-electron chi connectivity index (χ2n) is 5.85. The number of amides is 1. The third-order valence-corrected chi connectivity index (χ3v) is 5.01. The molecule has 0 fully saturated rings. The minimum absolute atomic E-state index is 0.116. The van der Waals surface area contributed by atoms with Gasteiger partial charge in [-0.25, -0.2) is 9.37 Å². The average molecular weight is 383 g/mol. The van der Waals surface area contributed by atoms with E-state index in [0.717, 1.165) is 11.8 Å². The van der Waals surface area contributed by atoms with Crippen LogP contribution in [0.3, 0.4) is 0 Å². The number of hydrogen-bond donors (Lipinski definition) is 1. The van der Waals surface area contributed by atoms with Gasteiger partial charge in [0.1, 0.15) is 5.82 Å². The van der Waals surface area contributed by atoms with Crippen molar-refractivity contribution in [3.8, 4) is 0 Å². The molecule has 1 aromatic heterocycles. The predicted octanol–water partition coefficient (Wildman–Crippen LogP) is 3.84. The van der Waals surface area contributed by atoms with Crippen molar-refractivity contribution in [1.82, 2.24) is 9.55 Å². The molecule has 3 rings (SSSR count). The van der Waals surface area contributed by atoms with Crippen LogP contribution in [0.15, 0.2) is 71.1 Å². The molecule has 0 saturated carbocycles. The summed E-state index contributed by atoms with van der Waals surface area (Å²) in [6, 6.07) is 13.0. The van der Waals surface area contributed by atoms with Gasteiger partial charge in [-0.1, -0.05) is 42.1 Å². The van der Waals surface area contributed by atoms with Gasteiger partial charge in [0.2, 0.25) is 5.91 Å². The number of carbonyl (C=O) groups is 1. The molecule has 0 bridgehead atoms. The minimum Gasteiger partial charge on any atom is -0.323 e. The summed E-state index contributed by atoms with van der Waals surface area (Å²) in [6.07, 6.45) is 1.60. The smallest absolute Gasteiger partial charge is 0.262 e. The van der Waals surface area contributed by atoms with Crippen LogP contribution in [0.4, 0.5) is 10.1 Å². The number of halogens is 1. The molecular weight excluding hydrogens is 365 g/mol. The summed E-state index contributed by atoms with van der Waals surface area (Å²) in [7, 11) is 0. The third kappa shape index (κ3) is 4.09. The SMILES string of the molecule is C=CCn1c(S[C@H](C)C(=O)Nc2ccccc2F)nc2ccccc2c1=O. The van der Waals surface area contributed by atoms with Gasteiger partial charge in [-0.2, -0.15) is 0 Å². The molecule has 1 amide bonds. The van der Waals surface area contributed by atoms with E-state index in [1.165, 1.54) is 16.7 Å². The lowest BCUT2D eigenvalue weighted by Crippen LogP contribution is -2.27. The third-order valence-electron chi connectivity index (χ3n) is 3.92. The Hall–Kier alpha value is -2.93. The van der Waals surface area contributed by atoms with E-state index in [1.807, 2.05) is 0 Å². The van der Waals surface area contributed by atoms with Gasteiger partial charge in [0, 0.05) is 6.54 Å². The van der Waals surface area contributed by atoms with Gasteiger partial charge in [0.05, 0.1) is 21.8 Å². The Morgan fingerprint density at radius 3 is 2.74 bits per heavy atom. The number of fused-ring (bicyclic) bond motifs is 1. The molecule has 0 unspecified atom stereocenters. The van der Waals surface area contributed by atoms with Gasteiger partial charge in [-0.15, -0.1) is 6.58 Å². The van der Waals surface area contributed by atoms with Crippen molar-refractivity contribution < 1.29 is 9.18 Å². The van der Waals surface area contributed by atoms with Crippen LogP contribution in [0, 0.1) is 5.82 Å². The van der Waals surface area contributed by atoms with Gasteiger partial charge < -0.3 is 5.32 Å². The Kier molecular flexibility index (Phi) is 5.71. The fourth-order valence-electron chi connectivity index (χ4n) is 2.54. The lowest BCUT2D eigenvalue weighted by atomic mass is 10.2. The normalized spacial score (nSPS) is 11.9. The van der Waals surface area contributed by atoms with Crippen molar-refractivity contribution in [3.05, 3.63) is 77.4 Å². The molecule has 3 aromatic rings. The van der Waals surface area contributed by atoms with Crippen molar-refractivity contribution in [2.75, 3.05) is 5.32 Å². The maximum atomic E-state index is 13.7.